The first kappa shape index (κ1) is 13.0. The van der Waals surface area contributed by atoms with Crippen molar-refractivity contribution in [2.45, 2.75) is 19.8 Å². The van der Waals surface area contributed by atoms with Crippen LogP contribution in [0.5, 0.6) is 5.75 Å². The summed E-state index contributed by atoms with van der Waals surface area (Å²) in [5.74, 6) is 1.78. The number of aryl methyl sites for hydroxylation is 1. The van der Waals surface area contributed by atoms with E-state index in [0.717, 1.165) is 24.4 Å². The quantitative estimate of drug-likeness (QED) is 0.559. The molecule has 98 valence electrons. The highest BCUT2D eigenvalue weighted by Crippen LogP contribution is 2.28. The van der Waals surface area contributed by atoms with Gasteiger partial charge in [-0.25, -0.2) is 0 Å². The van der Waals surface area contributed by atoms with Crippen LogP contribution in [0, 0.1) is 0 Å². The third-order valence-electron chi connectivity index (χ3n) is 2.72. The van der Waals surface area contributed by atoms with E-state index < -0.39 is 0 Å². The molecule has 2 aromatic rings. The van der Waals surface area contributed by atoms with Gasteiger partial charge < -0.3 is 9.47 Å². The van der Waals surface area contributed by atoms with Gasteiger partial charge in [-0.1, -0.05) is 18.1 Å². The van der Waals surface area contributed by atoms with Gasteiger partial charge in [0, 0.05) is 19.5 Å². The summed E-state index contributed by atoms with van der Waals surface area (Å²) < 4.78 is 14.4. The smallest absolute Gasteiger partial charge is 0.120 e. The Kier molecular flexibility index (Phi) is 4.31. The van der Waals surface area contributed by atoms with Gasteiger partial charge >= 0.3 is 0 Å². The molecule has 0 aliphatic rings. The van der Waals surface area contributed by atoms with E-state index in [9.17, 15) is 0 Å². The zero-order valence-corrected chi connectivity index (χ0v) is 11.8. The van der Waals surface area contributed by atoms with Crippen molar-refractivity contribution >= 4 is 21.7 Å². The second-order valence-electron chi connectivity index (χ2n) is 4.14. The Balaban J connectivity index is 1.75. The van der Waals surface area contributed by atoms with Gasteiger partial charge in [-0.2, -0.15) is 0 Å². The number of aromatic nitrogens is 1. The van der Waals surface area contributed by atoms with Gasteiger partial charge in [0.05, 0.1) is 29.2 Å². The fourth-order valence-corrected chi connectivity index (χ4v) is 2.70. The molecular formula is C14H19NO2S. The maximum Gasteiger partial charge on any atom is 0.120 e. The van der Waals surface area contributed by atoms with E-state index >= 15 is 0 Å². The van der Waals surface area contributed by atoms with Crippen LogP contribution in [-0.2, 0) is 11.8 Å². The highest BCUT2D eigenvalue weighted by Gasteiger charge is 2.04. The zero-order chi connectivity index (χ0) is 13.0. The molecule has 0 fully saturated rings. The lowest BCUT2D eigenvalue weighted by atomic mass is 10.3. The molecule has 18 heavy (non-hydrogen) atoms. The molecule has 0 amide bonds. The number of nitrogens with zero attached hydrogens (tertiary/aromatic N) is 1. The summed E-state index contributed by atoms with van der Waals surface area (Å²) in [6, 6.07) is 6.21. The predicted molar refractivity (Wildman–Crippen MR) is 76.3 cm³/mol. The van der Waals surface area contributed by atoms with Gasteiger partial charge in [0.25, 0.3) is 0 Å². The molecule has 4 heteroatoms. The molecule has 0 saturated carbocycles. The Morgan fingerprint density at radius 3 is 2.94 bits per heavy atom. The molecule has 0 unspecified atom stereocenters. The molecule has 1 aromatic carbocycles. The number of ether oxygens (including phenoxy) is 2. The van der Waals surface area contributed by atoms with Crippen molar-refractivity contribution < 1.29 is 9.47 Å². The van der Waals surface area contributed by atoms with Crippen LogP contribution < -0.4 is 4.74 Å². The van der Waals surface area contributed by atoms with Gasteiger partial charge in [-0.15, -0.1) is 0 Å². The van der Waals surface area contributed by atoms with E-state index in [1.54, 1.807) is 11.5 Å². The van der Waals surface area contributed by atoms with E-state index in [0.29, 0.717) is 13.2 Å². The monoisotopic (exact) mass is 265 g/mol. The van der Waals surface area contributed by atoms with E-state index in [2.05, 4.69) is 29.7 Å². The maximum absolute atomic E-state index is 5.71. The highest BCUT2D eigenvalue weighted by atomic mass is 32.1. The molecule has 0 aliphatic carbocycles. The summed E-state index contributed by atoms with van der Waals surface area (Å²) in [6.45, 7) is 7.21. The van der Waals surface area contributed by atoms with Crippen LogP contribution in [0.15, 0.2) is 30.5 Å². The van der Waals surface area contributed by atoms with Crippen molar-refractivity contribution in [3.05, 3.63) is 30.5 Å². The summed E-state index contributed by atoms with van der Waals surface area (Å²) in [6.07, 6.45) is 1.79. The van der Waals surface area contributed by atoms with Crippen molar-refractivity contribution in [2.24, 2.45) is 7.05 Å². The Morgan fingerprint density at radius 2 is 2.28 bits per heavy atom. The summed E-state index contributed by atoms with van der Waals surface area (Å²) in [4.78, 5) is 0. The molecule has 0 aliphatic heterocycles. The van der Waals surface area contributed by atoms with Crippen LogP contribution in [-0.4, -0.2) is 17.2 Å². The fraction of sp³-hybridized carbons (Fsp3) is 0.429. The van der Waals surface area contributed by atoms with Crippen LogP contribution in [0.3, 0.4) is 0 Å². The first-order valence-electron chi connectivity index (χ1n) is 6.20. The lowest BCUT2D eigenvalue weighted by Gasteiger charge is -2.12. The van der Waals surface area contributed by atoms with Gasteiger partial charge in [0.15, 0.2) is 0 Å². The Bertz CT molecular complexity index is 527. The van der Waals surface area contributed by atoms with E-state index in [4.69, 9.17) is 9.47 Å². The maximum atomic E-state index is 5.71. The van der Waals surface area contributed by atoms with Crippen LogP contribution in [0.4, 0.5) is 0 Å². The second kappa shape index (κ2) is 5.96. The molecule has 0 radical (unpaired) electrons. The van der Waals surface area contributed by atoms with Gasteiger partial charge in [0.2, 0.25) is 0 Å². The minimum absolute atomic E-state index is 0.690. The van der Waals surface area contributed by atoms with Crippen LogP contribution in [0.1, 0.15) is 19.8 Å². The topological polar surface area (TPSA) is 23.4 Å². The summed E-state index contributed by atoms with van der Waals surface area (Å²) >= 11 is 1.74. The average molecular weight is 265 g/mol. The molecular weight excluding hydrogens is 246 g/mol. The normalized spacial score (nSPS) is 10.8. The Morgan fingerprint density at radius 1 is 1.44 bits per heavy atom. The minimum atomic E-state index is 0.690. The molecule has 0 saturated heterocycles. The average Bonchev–Trinajstić information content (AvgIpc) is 2.34. The third-order valence-corrected chi connectivity index (χ3v) is 3.72. The lowest BCUT2D eigenvalue weighted by molar-refractivity contribution is 0.211. The van der Waals surface area contributed by atoms with Crippen LogP contribution >= 0.6 is 11.5 Å². The third kappa shape index (κ3) is 3.07. The molecule has 3 nitrogen and oxygen atoms in total. The number of hydrogen-bond acceptors (Lipinski definition) is 3. The van der Waals surface area contributed by atoms with Gasteiger partial charge in [-0.05, 0) is 25.5 Å². The first-order chi connectivity index (χ1) is 8.70. The first-order valence-corrected chi connectivity index (χ1v) is 6.97. The van der Waals surface area contributed by atoms with E-state index in [-0.39, 0.29) is 0 Å². The minimum Gasteiger partial charge on any atom is -0.499 e. The molecule has 1 aromatic heterocycles. The van der Waals surface area contributed by atoms with Crippen molar-refractivity contribution in [1.82, 2.24) is 3.96 Å². The van der Waals surface area contributed by atoms with Crippen molar-refractivity contribution in [2.75, 3.05) is 13.2 Å². The van der Waals surface area contributed by atoms with Gasteiger partial charge in [-0.3, -0.25) is 3.96 Å². The van der Waals surface area contributed by atoms with Crippen LogP contribution in [0.2, 0.25) is 0 Å². The molecule has 0 bridgehead atoms. The molecule has 0 atom stereocenters. The Hall–Kier alpha value is -1.42. The molecule has 0 spiro atoms. The number of rotatable bonds is 7. The SMILES string of the molecule is C=C(CCCOc1ccc2c(c1)sn2C)OCC. The molecule has 2 rings (SSSR count). The number of hydrogen-bond donors (Lipinski definition) is 0. The molecule has 0 N–H and O–H groups in total. The summed E-state index contributed by atoms with van der Waals surface area (Å²) in [5, 5.41) is 0. The number of fused-ring (bicyclic) bond motifs is 1. The van der Waals surface area contributed by atoms with E-state index in [1.807, 2.05) is 13.0 Å². The number of benzene rings is 1. The lowest BCUT2D eigenvalue weighted by Crippen LogP contribution is -2.00. The fourth-order valence-electron chi connectivity index (χ4n) is 1.81. The summed E-state index contributed by atoms with van der Waals surface area (Å²) in [7, 11) is 2.06. The van der Waals surface area contributed by atoms with Crippen molar-refractivity contribution in [1.29, 1.82) is 0 Å². The molecule has 1 heterocycles. The predicted octanol–water partition coefficient (Wildman–Crippen LogP) is 3.95. The standard InChI is InChI=1S/C14H19NO2S/c1-4-16-11(2)6-5-9-17-12-7-8-13-14(10-12)18-15(13)3/h7-8,10H,2,4-6,9H2,1,3H3. The summed E-state index contributed by atoms with van der Waals surface area (Å²) in [5.41, 5.74) is 1.28. The van der Waals surface area contributed by atoms with E-state index in [1.165, 1.54) is 10.2 Å². The highest BCUT2D eigenvalue weighted by molar-refractivity contribution is 7.16. The Labute approximate surface area is 112 Å². The van der Waals surface area contributed by atoms with Crippen LogP contribution in [0.25, 0.3) is 10.2 Å². The van der Waals surface area contributed by atoms with Crippen molar-refractivity contribution in [3.8, 4) is 5.75 Å². The largest absolute Gasteiger partial charge is 0.499 e. The number of allylic oxidation sites excluding steroid dienone is 1. The second-order valence-corrected chi connectivity index (χ2v) is 5.31. The zero-order valence-electron chi connectivity index (χ0n) is 10.9. The van der Waals surface area contributed by atoms with Crippen molar-refractivity contribution in [3.63, 3.8) is 0 Å². The van der Waals surface area contributed by atoms with Gasteiger partial charge in [0.1, 0.15) is 5.75 Å².